The van der Waals surface area contributed by atoms with E-state index in [1.165, 1.54) is 4.90 Å². The molecule has 33 heavy (non-hydrogen) atoms. The molecule has 0 saturated carbocycles. The number of amides is 4. The van der Waals surface area contributed by atoms with Gasteiger partial charge in [-0.05, 0) is 45.7 Å². The minimum absolute atomic E-state index is 0.0349. The number of rotatable bonds is 3. The monoisotopic (exact) mass is 478 g/mol. The molecule has 4 amide bonds. The van der Waals surface area contributed by atoms with Crippen molar-refractivity contribution in [1.82, 2.24) is 14.8 Å². The van der Waals surface area contributed by atoms with Crippen LogP contribution in [0, 0.1) is 0 Å². The molecular weight excluding hydrogens is 455 g/mol. The molecule has 3 rings (SSSR count). The molecule has 0 aromatic carbocycles. The van der Waals surface area contributed by atoms with Crippen LogP contribution >= 0.6 is 0 Å². The van der Waals surface area contributed by atoms with Crippen molar-refractivity contribution in [2.45, 2.75) is 57.4 Å². The van der Waals surface area contributed by atoms with Gasteiger partial charge in [-0.1, -0.05) is 0 Å². The summed E-state index contributed by atoms with van der Waals surface area (Å²) in [6, 6.07) is 0.414. The predicted octanol–water partition coefficient (Wildman–Crippen LogP) is 3.90. The number of aromatic nitrogens is 1. The average molecular weight is 478 g/mol. The third-order valence-electron chi connectivity index (χ3n) is 5.40. The maximum absolute atomic E-state index is 13.3. The van der Waals surface area contributed by atoms with E-state index in [0.717, 1.165) is 11.0 Å². The van der Waals surface area contributed by atoms with Gasteiger partial charge in [0, 0.05) is 13.1 Å². The Morgan fingerprint density at radius 1 is 1.15 bits per heavy atom. The van der Waals surface area contributed by atoms with E-state index in [-0.39, 0.29) is 31.6 Å². The van der Waals surface area contributed by atoms with Gasteiger partial charge in [-0.25, -0.2) is 28.3 Å². The van der Waals surface area contributed by atoms with Gasteiger partial charge in [0.2, 0.25) is 0 Å². The van der Waals surface area contributed by atoms with Crippen LogP contribution in [-0.2, 0) is 15.7 Å². The number of imide groups is 1. The Kier molecular flexibility index (Phi) is 6.28. The summed E-state index contributed by atoms with van der Waals surface area (Å²) in [4.78, 5) is 44.5. The molecule has 1 aromatic heterocycles. The lowest BCUT2D eigenvalue weighted by Crippen LogP contribution is -2.58. The van der Waals surface area contributed by atoms with Crippen LogP contribution in [0.1, 0.15) is 39.3 Å². The highest BCUT2D eigenvalue weighted by molar-refractivity contribution is 6.23. The van der Waals surface area contributed by atoms with Gasteiger partial charge in [0.1, 0.15) is 16.8 Å². The van der Waals surface area contributed by atoms with Gasteiger partial charge in [0.25, 0.3) is 12.3 Å². The molecule has 0 aliphatic carbocycles. The zero-order chi connectivity index (χ0) is 24.8. The van der Waals surface area contributed by atoms with E-state index in [2.05, 4.69) is 4.98 Å². The Bertz CT molecular complexity index is 922. The van der Waals surface area contributed by atoms with Gasteiger partial charge in [0.05, 0.1) is 18.4 Å². The first-order chi connectivity index (χ1) is 15.2. The number of carbonyl (C=O) groups excluding carboxylic acids is 3. The Morgan fingerprint density at radius 2 is 1.76 bits per heavy atom. The molecule has 182 valence electrons. The van der Waals surface area contributed by atoms with Crippen molar-refractivity contribution < 1.29 is 41.1 Å². The van der Waals surface area contributed by atoms with Crippen molar-refractivity contribution in [1.29, 1.82) is 0 Å². The summed E-state index contributed by atoms with van der Waals surface area (Å²) >= 11 is 0. The fraction of sp³-hybridized carbons (Fsp3) is 0.600. The first-order valence-corrected chi connectivity index (χ1v) is 10.1. The number of likely N-dealkylation sites (tertiary alicyclic amines) is 1. The third kappa shape index (κ3) is 4.86. The quantitative estimate of drug-likeness (QED) is 0.486. The zero-order valence-electron chi connectivity index (χ0n) is 18.2. The maximum atomic E-state index is 13.3. The van der Waals surface area contributed by atoms with E-state index in [0.29, 0.717) is 17.2 Å². The van der Waals surface area contributed by atoms with Crippen LogP contribution < -0.4 is 4.90 Å². The molecule has 3 heterocycles. The van der Waals surface area contributed by atoms with Crippen molar-refractivity contribution >= 4 is 23.7 Å². The summed E-state index contributed by atoms with van der Waals surface area (Å²) in [5.74, 6) is -0.849. The highest BCUT2D eigenvalue weighted by Crippen LogP contribution is 2.40. The number of hydrogen-bond donors (Lipinski definition) is 0. The molecule has 1 spiro atoms. The number of anilines is 1. The van der Waals surface area contributed by atoms with E-state index >= 15 is 0 Å². The largest absolute Gasteiger partial charge is 0.444 e. The summed E-state index contributed by atoms with van der Waals surface area (Å²) < 4.78 is 70.3. The number of halogens is 5. The summed E-state index contributed by atoms with van der Waals surface area (Å²) in [5, 5.41) is 0. The minimum Gasteiger partial charge on any atom is -0.444 e. The number of nitrogens with zero attached hydrogens (tertiary/aromatic N) is 4. The zero-order valence-corrected chi connectivity index (χ0v) is 18.2. The van der Waals surface area contributed by atoms with Crippen molar-refractivity contribution in [3.63, 3.8) is 0 Å². The average Bonchev–Trinajstić information content (AvgIpc) is 2.88. The standard InChI is InChI=1S/C20H23F5N4O4/c1-18(2,3)33-17(32)27-8-6-19(7-9-27)15(30)29(16(31)28(19)11-14(21)22)12-4-5-13(26-10-12)20(23,24)25/h4-5,10,14H,6-9,11H2,1-3H3. The molecule has 1 aromatic rings. The lowest BCUT2D eigenvalue weighted by molar-refractivity contribution is -0.141. The van der Waals surface area contributed by atoms with Gasteiger partial charge < -0.3 is 14.5 Å². The fourth-order valence-corrected chi connectivity index (χ4v) is 3.89. The second-order valence-electron chi connectivity index (χ2n) is 8.82. The second-order valence-corrected chi connectivity index (χ2v) is 8.82. The Balaban J connectivity index is 1.87. The maximum Gasteiger partial charge on any atom is 0.433 e. The van der Waals surface area contributed by atoms with Gasteiger partial charge in [-0.3, -0.25) is 4.79 Å². The van der Waals surface area contributed by atoms with E-state index in [1.807, 2.05) is 0 Å². The molecule has 0 radical (unpaired) electrons. The molecule has 13 heteroatoms. The van der Waals surface area contributed by atoms with E-state index in [9.17, 15) is 36.3 Å². The van der Waals surface area contributed by atoms with Crippen LogP contribution in [0.2, 0.25) is 0 Å². The molecule has 0 bridgehead atoms. The lowest BCUT2D eigenvalue weighted by atomic mass is 9.86. The summed E-state index contributed by atoms with van der Waals surface area (Å²) in [6.45, 7) is 3.92. The number of piperidine rings is 1. The molecule has 0 unspecified atom stereocenters. The number of urea groups is 1. The molecular formula is C20H23F5N4O4. The SMILES string of the molecule is CC(C)(C)OC(=O)N1CCC2(CC1)C(=O)N(c1ccc(C(F)(F)F)nc1)C(=O)N2CC(F)F. The first kappa shape index (κ1) is 24.6. The number of alkyl halides is 5. The second kappa shape index (κ2) is 8.41. The topological polar surface area (TPSA) is 83.0 Å². The van der Waals surface area contributed by atoms with Crippen LogP contribution in [0.4, 0.5) is 37.2 Å². The summed E-state index contributed by atoms with van der Waals surface area (Å²) in [7, 11) is 0. The Labute approximate surface area is 186 Å². The van der Waals surface area contributed by atoms with Crippen LogP contribution in [-0.4, -0.2) is 70.0 Å². The molecule has 0 atom stereocenters. The molecule has 0 N–H and O–H groups in total. The van der Waals surface area contributed by atoms with Crippen LogP contribution in [0.25, 0.3) is 0 Å². The van der Waals surface area contributed by atoms with Gasteiger partial charge in [0.15, 0.2) is 0 Å². The first-order valence-electron chi connectivity index (χ1n) is 10.1. The van der Waals surface area contributed by atoms with Crippen molar-refractivity contribution in [3.05, 3.63) is 24.0 Å². The minimum atomic E-state index is -4.73. The van der Waals surface area contributed by atoms with Crippen molar-refractivity contribution in [2.24, 2.45) is 0 Å². The molecule has 2 aliphatic heterocycles. The van der Waals surface area contributed by atoms with Crippen molar-refractivity contribution in [2.75, 3.05) is 24.5 Å². The van der Waals surface area contributed by atoms with Crippen LogP contribution in [0.3, 0.4) is 0 Å². The lowest BCUT2D eigenvalue weighted by Gasteiger charge is -2.42. The molecule has 2 aliphatic rings. The van der Waals surface area contributed by atoms with Crippen LogP contribution in [0.5, 0.6) is 0 Å². The van der Waals surface area contributed by atoms with Crippen LogP contribution in [0.15, 0.2) is 18.3 Å². The number of carbonyl (C=O) groups is 3. The van der Waals surface area contributed by atoms with Gasteiger partial charge in [-0.2, -0.15) is 13.2 Å². The highest BCUT2D eigenvalue weighted by Gasteiger charge is 2.59. The predicted molar refractivity (Wildman–Crippen MR) is 105 cm³/mol. The number of ether oxygens (including phenoxy) is 1. The molecule has 2 saturated heterocycles. The van der Waals surface area contributed by atoms with E-state index in [1.54, 1.807) is 20.8 Å². The van der Waals surface area contributed by atoms with E-state index < -0.39 is 54.0 Å². The highest BCUT2D eigenvalue weighted by atomic mass is 19.4. The van der Waals surface area contributed by atoms with Gasteiger partial charge in [-0.15, -0.1) is 0 Å². The Hall–Kier alpha value is -2.99. The van der Waals surface area contributed by atoms with Crippen molar-refractivity contribution in [3.8, 4) is 0 Å². The van der Waals surface area contributed by atoms with Gasteiger partial charge >= 0.3 is 18.3 Å². The summed E-state index contributed by atoms with van der Waals surface area (Å²) in [5.41, 5.74) is -3.91. The molecule has 8 nitrogen and oxygen atoms in total. The number of hydrogen-bond acceptors (Lipinski definition) is 5. The molecule has 2 fully saturated rings. The third-order valence-corrected chi connectivity index (χ3v) is 5.40. The fourth-order valence-electron chi connectivity index (χ4n) is 3.89. The Morgan fingerprint density at radius 3 is 2.21 bits per heavy atom. The normalized spacial score (nSPS) is 19.1. The smallest absolute Gasteiger partial charge is 0.433 e. The van der Waals surface area contributed by atoms with E-state index in [4.69, 9.17) is 4.74 Å². The summed E-state index contributed by atoms with van der Waals surface area (Å²) in [6.07, 6.45) is -7.88. The number of pyridine rings is 1.